The van der Waals surface area contributed by atoms with Gasteiger partial charge < -0.3 is 9.84 Å². The van der Waals surface area contributed by atoms with Crippen molar-refractivity contribution in [2.24, 2.45) is 5.92 Å². The second-order valence-electron chi connectivity index (χ2n) is 7.24. The lowest BCUT2D eigenvalue weighted by atomic mass is 9.97. The van der Waals surface area contributed by atoms with Crippen LogP contribution in [-0.4, -0.2) is 40.6 Å². The van der Waals surface area contributed by atoms with Crippen LogP contribution in [0.3, 0.4) is 0 Å². The Bertz CT molecular complexity index is 879. The van der Waals surface area contributed by atoms with E-state index in [0.717, 1.165) is 37.1 Å². The number of aromatic nitrogens is 2. The third-order valence-electron chi connectivity index (χ3n) is 5.18. The van der Waals surface area contributed by atoms with E-state index in [0.29, 0.717) is 30.4 Å². The number of likely N-dealkylation sites (tertiary alicyclic amines) is 1. The Balaban J connectivity index is 1.29. The highest BCUT2D eigenvalue weighted by Gasteiger charge is 2.21. The maximum atomic E-state index is 12.5. The molecule has 1 N–H and O–H groups in total. The molecule has 6 heteroatoms. The first-order valence-corrected chi connectivity index (χ1v) is 9.69. The maximum absolute atomic E-state index is 12.5. The molecule has 1 atom stereocenters. The highest BCUT2D eigenvalue weighted by molar-refractivity contribution is 5.94. The molecule has 6 nitrogen and oxygen atoms in total. The van der Waals surface area contributed by atoms with Crippen LogP contribution in [0.1, 0.15) is 29.0 Å². The van der Waals surface area contributed by atoms with Gasteiger partial charge in [0.25, 0.3) is 5.91 Å². The summed E-state index contributed by atoms with van der Waals surface area (Å²) < 4.78 is 4.80. The Morgan fingerprint density at radius 2 is 1.89 bits per heavy atom. The molecule has 0 aliphatic carbocycles. The summed E-state index contributed by atoms with van der Waals surface area (Å²) in [6.07, 6.45) is 3.60. The van der Waals surface area contributed by atoms with Crippen LogP contribution in [0.5, 0.6) is 0 Å². The molecule has 3 aromatic rings. The van der Waals surface area contributed by atoms with Crippen molar-refractivity contribution in [2.45, 2.75) is 19.4 Å². The largest absolute Gasteiger partial charge is 0.352 e. The van der Waals surface area contributed by atoms with Gasteiger partial charge in [0.1, 0.15) is 0 Å². The van der Waals surface area contributed by atoms with Gasteiger partial charge in [0.05, 0.1) is 6.54 Å². The topological polar surface area (TPSA) is 71.3 Å². The van der Waals surface area contributed by atoms with Crippen LogP contribution in [0.25, 0.3) is 11.1 Å². The Kier molecular flexibility index (Phi) is 5.77. The number of hydrogen-bond donors (Lipinski definition) is 1. The average Bonchev–Trinajstić information content (AvgIpc) is 3.26. The fourth-order valence-corrected chi connectivity index (χ4v) is 3.71. The zero-order valence-electron chi connectivity index (χ0n) is 15.8. The minimum absolute atomic E-state index is 0.0186. The number of carbonyl (C=O) groups is 1. The molecular formula is C22H24N4O2. The molecule has 1 amide bonds. The Morgan fingerprint density at radius 1 is 1.11 bits per heavy atom. The van der Waals surface area contributed by atoms with E-state index in [4.69, 9.17) is 4.52 Å². The van der Waals surface area contributed by atoms with Crippen LogP contribution in [0.4, 0.5) is 0 Å². The average molecular weight is 376 g/mol. The van der Waals surface area contributed by atoms with Gasteiger partial charge in [-0.3, -0.25) is 9.69 Å². The Labute approximate surface area is 164 Å². The summed E-state index contributed by atoms with van der Waals surface area (Å²) in [5.74, 6) is 1.13. The van der Waals surface area contributed by atoms with E-state index in [-0.39, 0.29) is 5.91 Å². The molecule has 1 aliphatic rings. The van der Waals surface area contributed by atoms with Gasteiger partial charge in [0, 0.05) is 18.7 Å². The molecule has 144 valence electrons. The molecule has 1 aliphatic heterocycles. The number of nitrogens with zero attached hydrogens (tertiary/aromatic N) is 3. The number of carbonyl (C=O) groups excluding carboxylic acids is 1. The van der Waals surface area contributed by atoms with Gasteiger partial charge in [-0.25, -0.2) is 0 Å². The van der Waals surface area contributed by atoms with Crippen LogP contribution in [0.15, 0.2) is 65.5 Å². The highest BCUT2D eigenvalue weighted by Crippen LogP contribution is 2.20. The fourth-order valence-electron chi connectivity index (χ4n) is 3.71. The smallest absolute Gasteiger partial charge is 0.251 e. The summed E-state index contributed by atoms with van der Waals surface area (Å²) in [5, 5.41) is 6.97. The summed E-state index contributed by atoms with van der Waals surface area (Å²) >= 11 is 0. The van der Waals surface area contributed by atoms with E-state index >= 15 is 0 Å². The van der Waals surface area contributed by atoms with Crippen LogP contribution in [0.2, 0.25) is 0 Å². The van der Waals surface area contributed by atoms with E-state index in [1.54, 1.807) is 0 Å². The zero-order valence-corrected chi connectivity index (χ0v) is 15.8. The minimum atomic E-state index is -0.0186. The van der Waals surface area contributed by atoms with E-state index in [1.807, 2.05) is 42.5 Å². The lowest BCUT2D eigenvalue weighted by Gasteiger charge is -2.31. The second kappa shape index (κ2) is 8.80. The lowest BCUT2D eigenvalue weighted by molar-refractivity contribution is 0.0929. The molecule has 2 heterocycles. The summed E-state index contributed by atoms with van der Waals surface area (Å²) in [6, 6.07) is 17.9. The molecule has 28 heavy (non-hydrogen) atoms. The molecule has 0 saturated carbocycles. The fraction of sp³-hybridized carbons (Fsp3) is 0.318. The van der Waals surface area contributed by atoms with Crippen molar-refractivity contribution in [1.82, 2.24) is 20.4 Å². The first kappa shape index (κ1) is 18.4. The molecule has 1 saturated heterocycles. The van der Waals surface area contributed by atoms with Crippen molar-refractivity contribution < 1.29 is 9.32 Å². The maximum Gasteiger partial charge on any atom is 0.251 e. The van der Waals surface area contributed by atoms with E-state index in [2.05, 4.69) is 32.5 Å². The van der Waals surface area contributed by atoms with Crippen molar-refractivity contribution in [2.75, 3.05) is 19.6 Å². The molecular weight excluding hydrogens is 352 g/mol. The Morgan fingerprint density at radius 3 is 2.64 bits per heavy atom. The van der Waals surface area contributed by atoms with E-state index in [1.165, 1.54) is 6.39 Å². The first-order chi connectivity index (χ1) is 13.8. The zero-order chi connectivity index (χ0) is 19.2. The third kappa shape index (κ3) is 4.64. The van der Waals surface area contributed by atoms with Gasteiger partial charge in [-0.15, -0.1) is 0 Å². The first-order valence-electron chi connectivity index (χ1n) is 9.69. The van der Waals surface area contributed by atoms with Gasteiger partial charge >= 0.3 is 0 Å². The summed E-state index contributed by atoms with van der Waals surface area (Å²) in [6.45, 7) is 3.34. The van der Waals surface area contributed by atoms with Crippen molar-refractivity contribution in [3.05, 3.63) is 72.4 Å². The standard InChI is InChI=1S/C22H24N4O2/c27-22(20-10-8-19(9-11-20)18-6-2-1-3-7-18)23-13-17-5-4-12-26(14-17)15-21-24-16-28-25-21/h1-3,6-11,16-17H,4-5,12-15H2,(H,23,27)/t17-/m1/s1. The monoisotopic (exact) mass is 376 g/mol. The van der Waals surface area contributed by atoms with Crippen LogP contribution < -0.4 is 5.32 Å². The van der Waals surface area contributed by atoms with Crippen molar-refractivity contribution in [3.63, 3.8) is 0 Å². The molecule has 0 bridgehead atoms. The van der Waals surface area contributed by atoms with E-state index in [9.17, 15) is 4.79 Å². The van der Waals surface area contributed by atoms with Crippen molar-refractivity contribution in [1.29, 1.82) is 0 Å². The van der Waals surface area contributed by atoms with Crippen LogP contribution in [-0.2, 0) is 6.54 Å². The molecule has 4 rings (SSSR count). The number of nitrogens with one attached hydrogen (secondary N) is 1. The summed E-state index contributed by atoms with van der Waals surface area (Å²) in [7, 11) is 0. The van der Waals surface area contributed by atoms with Crippen molar-refractivity contribution >= 4 is 5.91 Å². The predicted molar refractivity (Wildman–Crippen MR) is 107 cm³/mol. The van der Waals surface area contributed by atoms with Crippen LogP contribution in [0, 0.1) is 5.92 Å². The molecule has 0 radical (unpaired) electrons. The SMILES string of the molecule is O=C(NC[C@H]1CCCN(Cc2ncon2)C1)c1ccc(-c2ccccc2)cc1. The number of piperidine rings is 1. The Hall–Kier alpha value is -2.99. The number of rotatable bonds is 6. The van der Waals surface area contributed by atoms with Gasteiger partial charge in [-0.1, -0.05) is 47.6 Å². The number of benzene rings is 2. The third-order valence-corrected chi connectivity index (χ3v) is 5.18. The molecule has 0 unspecified atom stereocenters. The molecule has 0 spiro atoms. The van der Waals surface area contributed by atoms with Crippen LogP contribution >= 0.6 is 0 Å². The van der Waals surface area contributed by atoms with Gasteiger partial charge in [-0.2, -0.15) is 4.98 Å². The van der Waals surface area contributed by atoms with Gasteiger partial charge in [-0.05, 0) is 48.6 Å². The number of amides is 1. The molecule has 2 aromatic carbocycles. The molecule has 1 fully saturated rings. The lowest BCUT2D eigenvalue weighted by Crippen LogP contribution is -2.40. The normalized spacial score (nSPS) is 17.4. The highest BCUT2D eigenvalue weighted by atomic mass is 16.5. The predicted octanol–water partition coefficient (Wildman–Crippen LogP) is 3.38. The quantitative estimate of drug-likeness (QED) is 0.714. The summed E-state index contributed by atoms with van der Waals surface area (Å²) in [4.78, 5) is 18.9. The minimum Gasteiger partial charge on any atom is -0.352 e. The molecule has 1 aromatic heterocycles. The second-order valence-corrected chi connectivity index (χ2v) is 7.24. The summed E-state index contributed by atoms with van der Waals surface area (Å²) in [5.41, 5.74) is 2.96. The van der Waals surface area contributed by atoms with Gasteiger partial charge in [0.15, 0.2) is 5.82 Å². The van der Waals surface area contributed by atoms with E-state index < -0.39 is 0 Å². The number of hydrogen-bond acceptors (Lipinski definition) is 5. The van der Waals surface area contributed by atoms with Gasteiger partial charge in [0.2, 0.25) is 6.39 Å². The van der Waals surface area contributed by atoms with Crippen molar-refractivity contribution in [3.8, 4) is 11.1 Å².